The molecular formula is C23H19F3N2O4. The number of esters is 1. The van der Waals surface area contributed by atoms with Crippen LogP contribution in [0.15, 0.2) is 59.4 Å². The third-order valence-corrected chi connectivity index (χ3v) is 4.92. The van der Waals surface area contributed by atoms with Crippen molar-refractivity contribution in [1.82, 2.24) is 4.57 Å². The fourth-order valence-corrected chi connectivity index (χ4v) is 3.35. The minimum absolute atomic E-state index is 0.00667. The fraction of sp³-hybridized carbons (Fsp3) is 0.261. The Labute approximate surface area is 181 Å². The number of carbonyl (C=O) groups excluding carboxylic acids is 1. The SMILES string of the molecule is COC(=O)COc1cccc(-c2cc(C(F)(F)F)c(C#N)c(=O)n2CC2C=CC=CC2)c1. The van der Waals surface area contributed by atoms with Crippen LogP contribution in [0.2, 0.25) is 0 Å². The Morgan fingerprint density at radius 2 is 2.06 bits per heavy atom. The van der Waals surface area contributed by atoms with E-state index in [1.807, 2.05) is 18.2 Å². The molecule has 166 valence electrons. The average Bonchev–Trinajstić information content (AvgIpc) is 2.78. The number of rotatable bonds is 6. The number of methoxy groups -OCH3 is 1. The molecule has 1 aliphatic carbocycles. The lowest BCUT2D eigenvalue weighted by Crippen LogP contribution is -2.30. The number of ether oxygens (including phenoxy) is 2. The molecule has 3 rings (SSSR count). The zero-order chi connectivity index (χ0) is 23.3. The molecule has 0 saturated heterocycles. The second kappa shape index (κ2) is 9.56. The van der Waals surface area contributed by atoms with Crippen LogP contribution in [-0.4, -0.2) is 24.3 Å². The van der Waals surface area contributed by atoms with Crippen LogP contribution >= 0.6 is 0 Å². The molecule has 1 heterocycles. The van der Waals surface area contributed by atoms with Crippen molar-refractivity contribution in [2.45, 2.75) is 19.1 Å². The van der Waals surface area contributed by atoms with Gasteiger partial charge in [-0.25, -0.2) is 4.79 Å². The molecule has 0 radical (unpaired) electrons. The smallest absolute Gasteiger partial charge is 0.417 e. The molecule has 0 fully saturated rings. The van der Waals surface area contributed by atoms with Crippen LogP contribution in [0.5, 0.6) is 5.75 Å². The van der Waals surface area contributed by atoms with Gasteiger partial charge in [-0.2, -0.15) is 18.4 Å². The Hall–Kier alpha value is -3.80. The zero-order valence-electron chi connectivity index (χ0n) is 17.1. The maximum absolute atomic E-state index is 13.6. The standard InChI is InChI=1S/C23H19F3N2O4/c1-31-21(29)14-32-17-9-5-8-16(10-17)20-11-19(23(24,25)26)18(12-27)22(30)28(20)13-15-6-3-2-4-7-15/h2-6,8-11,15H,7,13-14H2,1H3. The summed E-state index contributed by atoms with van der Waals surface area (Å²) in [6.45, 7) is -0.289. The summed E-state index contributed by atoms with van der Waals surface area (Å²) in [5.41, 5.74) is -2.99. The Bertz CT molecular complexity index is 1170. The summed E-state index contributed by atoms with van der Waals surface area (Å²) in [6, 6.07) is 8.24. The molecule has 6 nitrogen and oxygen atoms in total. The predicted molar refractivity (Wildman–Crippen MR) is 110 cm³/mol. The van der Waals surface area contributed by atoms with Crippen LogP contribution in [-0.2, 0) is 22.3 Å². The van der Waals surface area contributed by atoms with Crippen molar-refractivity contribution in [3.05, 3.63) is 76.1 Å². The second-order valence-corrected chi connectivity index (χ2v) is 7.05. The van der Waals surface area contributed by atoms with Crippen molar-refractivity contribution >= 4 is 5.97 Å². The first kappa shape index (κ1) is 22.9. The van der Waals surface area contributed by atoms with Gasteiger partial charge in [-0.3, -0.25) is 4.79 Å². The average molecular weight is 444 g/mol. The molecule has 1 aromatic carbocycles. The normalized spacial score (nSPS) is 15.3. The van der Waals surface area contributed by atoms with Gasteiger partial charge >= 0.3 is 12.1 Å². The van der Waals surface area contributed by atoms with Crippen molar-refractivity contribution in [3.63, 3.8) is 0 Å². The van der Waals surface area contributed by atoms with E-state index in [9.17, 15) is 28.0 Å². The molecule has 1 aliphatic rings. The van der Waals surface area contributed by atoms with Crippen molar-refractivity contribution in [2.24, 2.45) is 5.92 Å². The highest BCUT2D eigenvalue weighted by atomic mass is 19.4. The highest BCUT2D eigenvalue weighted by Gasteiger charge is 2.36. The number of halogens is 3. The number of benzene rings is 1. The van der Waals surface area contributed by atoms with Gasteiger partial charge in [0.05, 0.1) is 18.4 Å². The highest BCUT2D eigenvalue weighted by molar-refractivity contribution is 5.71. The maximum atomic E-state index is 13.6. The van der Waals surface area contributed by atoms with Gasteiger partial charge < -0.3 is 14.0 Å². The van der Waals surface area contributed by atoms with E-state index in [-0.39, 0.29) is 36.1 Å². The Morgan fingerprint density at radius 3 is 2.69 bits per heavy atom. The summed E-state index contributed by atoms with van der Waals surface area (Å²) in [5, 5.41) is 9.29. The van der Waals surface area contributed by atoms with Crippen molar-refractivity contribution in [2.75, 3.05) is 13.7 Å². The Kier molecular flexibility index (Phi) is 6.83. The number of carbonyl (C=O) groups is 1. The van der Waals surface area contributed by atoms with Crippen LogP contribution in [0.4, 0.5) is 13.2 Å². The molecule has 1 atom stereocenters. The number of hydrogen-bond acceptors (Lipinski definition) is 5. The lowest BCUT2D eigenvalue weighted by molar-refractivity contribution is -0.143. The lowest BCUT2D eigenvalue weighted by Gasteiger charge is -2.21. The first-order valence-electron chi connectivity index (χ1n) is 9.63. The molecule has 0 amide bonds. The Balaban J connectivity index is 2.14. The maximum Gasteiger partial charge on any atom is 0.417 e. The first-order chi connectivity index (χ1) is 15.2. The summed E-state index contributed by atoms with van der Waals surface area (Å²) in [7, 11) is 1.20. The van der Waals surface area contributed by atoms with Crippen LogP contribution in [0.25, 0.3) is 11.3 Å². The van der Waals surface area contributed by atoms with Crippen molar-refractivity contribution < 1.29 is 27.4 Å². The molecule has 1 unspecified atom stereocenters. The number of nitriles is 1. The topological polar surface area (TPSA) is 81.3 Å². The third-order valence-electron chi connectivity index (χ3n) is 4.92. The molecule has 2 aromatic rings. The van der Waals surface area contributed by atoms with Crippen LogP contribution in [0.1, 0.15) is 17.5 Å². The van der Waals surface area contributed by atoms with Crippen molar-refractivity contribution in [3.8, 4) is 23.1 Å². The molecule has 0 bridgehead atoms. The number of pyridine rings is 1. The zero-order valence-corrected chi connectivity index (χ0v) is 17.1. The number of hydrogen-bond donors (Lipinski definition) is 0. The largest absolute Gasteiger partial charge is 0.482 e. The van der Waals surface area contributed by atoms with Gasteiger partial charge in [-0.1, -0.05) is 36.4 Å². The number of alkyl halides is 3. The molecule has 1 aromatic heterocycles. The molecule has 0 N–H and O–H groups in total. The van der Waals surface area contributed by atoms with Gasteiger partial charge in [0.15, 0.2) is 6.61 Å². The molecule has 0 spiro atoms. The second-order valence-electron chi connectivity index (χ2n) is 7.05. The van der Waals surface area contributed by atoms with E-state index >= 15 is 0 Å². The van der Waals surface area contributed by atoms with E-state index in [1.165, 1.54) is 42.0 Å². The minimum atomic E-state index is -4.88. The number of nitrogens with zero attached hydrogens (tertiary/aromatic N) is 2. The van der Waals surface area contributed by atoms with E-state index in [2.05, 4.69) is 4.74 Å². The van der Waals surface area contributed by atoms with E-state index < -0.39 is 28.8 Å². The van der Waals surface area contributed by atoms with Gasteiger partial charge in [0.2, 0.25) is 0 Å². The summed E-state index contributed by atoms with van der Waals surface area (Å²) < 4.78 is 51.9. The summed E-state index contributed by atoms with van der Waals surface area (Å²) in [4.78, 5) is 24.3. The number of allylic oxidation sites excluding steroid dienone is 4. The first-order valence-corrected chi connectivity index (χ1v) is 9.63. The summed E-state index contributed by atoms with van der Waals surface area (Å²) in [6.07, 6.45) is 3.12. The van der Waals surface area contributed by atoms with E-state index in [0.717, 1.165) is 6.07 Å². The molecule has 32 heavy (non-hydrogen) atoms. The molecular weight excluding hydrogens is 425 g/mol. The highest BCUT2D eigenvalue weighted by Crippen LogP contribution is 2.34. The lowest BCUT2D eigenvalue weighted by atomic mass is 9.98. The van der Waals surface area contributed by atoms with Crippen LogP contribution in [0.3, 0.4) is 0 Å². The minimum Gasteiger partial charge on any atom is -0.482 e. The van der Waals surface area contributed by atoms with E-state index in [0.29, 0.717) is 6.42 Å². The molecule has 9 heteroatoms. The Morgan fingerprint density at radius 1 is 1.28 bits per heavy atom. The van der Waals surface area contributed by atoms with Crippen molar-refractivity contribution in [1.29, 1.82) is 5.26 Å². The quantitative estimate of drug-likeness (QED) is 0.627. The summed E-state index contributed by atoms with van der Waals surface area (Å²) in [5.74, 6) is -0.536. The van der Waals surface area contributed by atoms with Crippen LogP contribution in [0, 0.1) is 17.2 Å². The summed E-state index contributed by atoms with van der Waals surface area (Å²) >= 11 is 0. The van der Waals surface area contributed by atoms with Gasteiger partial charge in [0.1, 0.15) is 17.4 Å². The van der Waals surface area contributed by atoms with Gasteiger partial charge in [0, 0.05) is 12.1 Å². The molecule has 0 saturated carbocycles. The van der Waals surface area contributed by atoms with Gasteiger partial charge in [-0.05, 0) is 30.5 Å². The molecule has 0 aliphatic heterocycles. The van der Waals surface area contributed by atoms with Crippen LogP contribution < -0.4 is 10.3 Å². The van der Waals surface area contributed by atoms with E-state index in [4.69, 9.17) is 4.74 Å². The van der Waals surface area contributed by atoms with Gasteiger partial charge in [0.25, 0.3) is 5.56 Å². The predicted octanol–water partition coefficient (Wildman–Crippen LogP) is 4.09. The fourth-order valence-electron chi connectivity index (χ4n) is 3.35. The van der Waals surface area contributed by atoms with Gasteiger partial charge in [-0.15, -0.1) is 0 Å². The number of aromatic nitrogens is 1. The monoisotopic (exact) mass is 444 g/mol. The third kappa shape index (κ3) is 5.09. The van der Waals surface area contributed by atoms with E-state index in [1.54, 1.807) is 6.08 Å².